The van der Waals surface area contributed by atoms with E-state index in [2.05, 4.69) is 4.99 Å². The lowest BCUT2D eigenvalue weighted by molar-refractivity contribution is -0.155. The Morgan fingerprint density at radius 2 is 1.55 bits per heavy atom. The van der Waals surface area contributed by atoms with E-state index in [1.807, 2.05) is 5.32 Å². The zero-order chi connectivity index (χ0) is 22.8. The predicted molar refractivity (Wildman–Crippen MR) is 99.5 cm³/mol. The topological polar surface area (TPSA) is 61.8 Å². The zero-order valence-corrected chi connectivity index (χ0v) is 15.7. The third-order valence-electron chi connectivity index (χ3n) is 4.25. The molecule has 1 unspecified atom stereocenters. The molecule has 1 atom stereocenters. The fourth-order valence-electron chi connectivity index (χ4n) is 3.08. The summed E-state index contributed by atoms with van der Waals surface area (Å²) in [5.41, 5.74) is 0.511. The van der Waals surface area contributed by atoms with Gasteiger partial charge in [-0.3, -0.25) is 14.5 Å². The van der Waals surface area contributed by atoms with Gasteiger partial charge < -0.3 is 5.32 Å². The Balaban J connectivity index is 2.12. The van der Waals surface area contributed by atoms with Gasteiger partial charge in [-0.2, -0.15) is 26.3 Å². The molecule has 0 spiro atoms. The lowest BCUT2D eigenvalue weighted by atomic mass is 10.0. The maximum Gasteiger partial charge on any atom is 0.406 e. The van der Waals surface area contributed by atoms with Crippen LogP contribution in [0.15, 0.2) is 59.6 Å². The van der Waals surface area contributed by atoms with Crippen molar-refractivity contribution in [3.8, 4) is 0 Å². The summed E-state index contributed by atoms with van der Waals surface area (Å²) >= 11 is 0. The highest BCUT2D eigenvalue weighted by molar-refractivity contribution is 6.20. The summed E-state index contributed by atoms with van der Waals surface area (Å²) in [7, 11) is 0. The number of rotatable bonds is 4. The van der Waals surface area contributed by atoms with Crippen LogP contribution in [0.1, 0.15) is 17.5 Å². The normalized spacial score (nSPS) is 17.0. The molecule has 11 heteroatoms. The van der Waals surface area contributed by atoms with E-state index in [0.717, 1.165) is 0 Å². The second-order valence-electron chi connectivity index (χ2n) is 6.66. The Morgan fingerprint density at radius 1 is 0.935 bits per heavy atom. The van der Waals surface area contributed by atoms with Gasteiger partial charge in [0.2, 0.25) is 12.1 Å². The summed E-state index contributed by atoms with van der Waals surface area (Å²) in [6.07, 6.45) is -13.5. The first kappa shape index (κ1) is 22.3. The predicted octanol–water partition coefficient (Wildman–Crippen LogP) is 3.83. The van der Waals surface area contributed by atoms with E-state index in [0.29, 0.717) is 10.5 Å². The van der Waals surface area contributed by atoms with Crippen molar-refractivity contribution in [1.29, 1.82) is 0 Å². The Bertz CT molecular complexity index is 1000. The molecule has 5 nitrogen and oxygen atoms in total. The standard InChI is InChI=1S/C20H15F6N3O2/c21-19(22,23)10-15(30)27-17-18(31)29(11-20(24,25)26)14-9-5-4-8-13(14)16(28-17)12-6-2-1-3-7-12/h1-9,17H,10-11H2,(H,27,30). The molecule has 2 aromatic carbocycles. The Hall–Kier alpha value is -3.37. The van der Waals surface area contributed by atoms with Crippen molar-refractivity contribution >= 4 is 23.2 Å². The molecule has 0 aliphatic carbocycles. The lowest BCUT2D eigenvalue weighted by Crippen LogP contribution is -2.50. The molecule has 2 aromatic rings. The molecular weight excluding hydrogens is 428 g/mol. The maximum atomic E-state index is 13.2. The molecule has 0 saturated carbocycles. The van der Waals surface area contributed by atoms with Crippen LogP contribution in [0.25, 0.3) is 0 Å². The number of fused-ring (bicyclic) bond motifs is 1. The number of carbonyl (C=O) groups is 2. The van der Waals surface area contributed by atoms with Crippen molar-refractivity contribution in [1.82, 2.24) is 5.32 Å². The zero-order valence-electron chi connectivity index (χ0n) is 15.7. The van der Waals surface area contributed by atoms with Gasteiger partial charge in [-0.15, -0.1) is 0 Å². The van der Waals surface area contributed by atoms with E-state index < -0.39 is 43.3 Å². The van der Waals surface area contributed by atoms with Crippen molar-refractivity contribution in [3.05, 3.63) is 65.7 Å². The molecule has 0 bridgehead atoms. The Labute approximate surface area is 172 Å². The molecule has 31 heavy (non-hydrogen) atoms. The Morgan fingerprint density at radius 3 is 2.16 bits per heavy atom. The molecule has 0 aromatic heterocycles. The number of aliphatic imine (C=N–C) groups is 1. The van der Waals surface area contributed by atoms with Crippen LogP contribution in [0.5, 0.6) is 0 Å². The second kappa shape index (κ2) is 8.40. The van der Waals surface area contributed by atoms with Crippen LogP contribution >= 0.6 is 0 Å². The number of nitrogens with one attached hydrogen (secondary N) is 1. The number of amides is 2. The van der Waals surface area contributed by atoms with Crippen LogP contribution in [0.3, 0.4) is 0 Å². The van der Waals surface area contributed by atoms with E-state index in [9.17, 15) is 35.9 Å². The SMILES string of the molecule is O=C(CC(F)(F)F)NC1N=C(c2ccccc2)c2ccccc2N(CC(F)(F)F)C1=O. The van der Waals surface area contributed by atoms with Crippen molar-refractivity contribution in [2.24, 2.45) is 4.99 Å². The van der Waals surface area contributed by atoms with Crippen molar-refractivity contribution in [2.45, 2.75) is 24.9 Å². The first-order chi connectivity index (χ1) is 14.4. The van der Waals surface area contributed by atoms with Crippen molar-refractivity contribution in [2.75, 3.05) is 11.4 Å². The van der Waals surface area contributed by atoms with Gasteiger partial charge in [0.25, 0.3) is 5.91 Å². The minimum atomic E-state index is -4.86. The maximum absolute atomic E-state index is 13.2. The third kappa shape index (κ3) is 5.62. The largest absolute Gasteiger partial charge is 0.406 e. The number of hydrogen-bond acceptors (Lipinski definition) is 3. The van der Waals surface area contributed by atoms with Gasteiger partial charge in [0, 0.05) is 11.1 Å². The molecule has 1 N–H and O–H groups in total. The van der Waals surface area contributed by atoms with Gasteiger partial charge in [-0.1, -0.05) is 48.5 Å². The molecular formula is C20H15F6N3O2. The second-order valence-corrected chi connectivity index (χ2v) is 6.66. The molecule has 1 aliphatic heterocycles. The van der Waals surface area contributed by atoms with E-state index in [4.69, 9.17) is 0 Å². The molecule has 0 saturated heterocycles. The number of hydrogen-bond donors (Lipinski definition) is 1. The van der Waals surface area contributed by atoms with Crippen LogP contribution in [-0.2, 0) is 9.59 Å². The van der Waals surface area contributed by atoms with E-state index in [1.54, 1.807) is 30.3 Å². The number of alkyl halides is 6. The lowest BCUT2D eigenvalue weighted by Gasteiger charge is -2.26. The van der Waals surface area contributed by atoms with Crippen LogP contribution in [0.2, 0.25) is 0 Å². The molecule has 0 radical (unpaired) electrons. The molecule has 164 valence electrons. The van der Waals surface area contributed by atoms with Gasteiger partial charge in [0.05, 0.1) is 11.4 Å². The monoisotopic (exact) mass is 443 g/mol. The number of carbonyl (C=O) groups excluding carboxylic acids is 2. The minimum absolute atomic E-state index is 0.0616. The highest BCUT2D eigenvalue weighted by Crippen LogP contribution is 2.31. The molecule has 1 heterocycles. The van der Waals surface area contributed by atoms with Crippen LogP contribution in [0.4, 0.5) is 32.0 Å². The number of anilines is 1. The smallest absolute Gasteiger partial charge is 0.326 e. The van der Waals surface area contributed by atoms with Gasteiger partial charge in [-0.05, 0) is 6.07 Å². The highest BCUT2D eigenvalue weighted by Gasteiger charge is 2.41. The summed E-state index contributed by atoms with van der Waals surface area (Å²) in [6.45, 7) is -1.70. The van der Waals surface area contributed by atoms with Gasteiger partial charge in [0.1, 0.15) is 13.0 Å². The minimum Gasteiger partial charge on any atom is -0.326 e. The summed E-state index contributed by atoms with van der Waals surface area (Å²) in [5, 5.41) is 1.81. The summed E-state index contributed by atoms with van der Waals surface area (Å²) in [6, 6.07) is 13.7. The first-order valence-electron chi connectivity index (χ1n) is 8.91. The first-order valence-corrected chi connectivity index (χ1v) is 8.91. The number of benzene rings is 2. The van der Waals surface area contributed by atoms with Crippen LogP contribution in [0, 0.1) is 0 Å². The summed E-state index contributed by atoms with van der Waals surface area (Å²) < 4.78 is 77.3. The van der Waals surface area contributed by atoms with Gasteiger partial charge in [0.15, 0.2) is 0 Å². The highest BCUT2D eigenvalue weighted by atomic mass is 19.4. The third-order valence-corrected chi connectivity index (χ3v) is 4.25. The van der Waals surface area contributed by atoms with Gasteiger partial charge in [-0.25, -0.2) is 4.99 Å². The fourth-order valence-corrected chi connectivity index (χ4v) is 3.08. The van der Waals surface area contributed by atoms with E-state index >= 15 is 0 Å². The average molecular weight is 443 g/mol. The van der Waals surface area contributed by atoms with Crippen LogP contribution in [-0.4, -0.2) is 42.6 Å². The van der Waals surface area contributed by atoms with Gasteiger partial charge >= 0.3 is 12.4 Å². The van der Waals surface area contributed by atoms with E-state index in [-0.39, 0.29) is 17.0 Å². The molecule has 0 fully saturated rings. The van der Waals surface area contributed by atoms with Crippen molar-refractivity contribution < 1.29 is 35.9 Å². The quantitative estimate of drug-likeness (QED) is 0.731. The van der Waals surface area contributed by atoms with Crippen molar-refractivity contribution in [3.63, 3.8) is 0 Å². The van der Waals surface area contributed by atoms with Crippen LogP contribution < -0.4 is 10.2 Å². The summed E-state index contributed by atoms with van der Waals surface area (Å²) in [4.78, 5) is 29.1. The molecule has 2 amide bonds. The molecule has 1 aliphatic rings. The Kier molecular flexibility index (Phi) is 6.05. The molecule has 3 rings (SSSR count). The number of benzodiazepines with no additional fused rings is 1. The van der Waals surface area contributed by atoms with E-state index in [1.165, 1.54) is 24.3 Å². The summed E-state index contributed by atoms with van der Waals surface area (Å²) in [5.74, 6) is -2.88. The average Bonchev–Trinajstić information content (AvgIpc) is 2.77. The number of para-hydroxylation sites is 1. The number of nitrogens with zero attached hydrogens (tertiary/aromatic N) is 2. The fraction of sp³-hybridized carbons (Fsp3) is 0.250. The number of halogens is 6.